The van der Waals surface area contributed by atoms with E-state index in [0.29, 0.717) is 0 Å². The summed E-state index contributed by atoms with van der Waals surface area (Å²) in [5.41, 5.74) is 1.98. The molecule has 0 radical (unpaired) electrons. The van der Waals surface area contributed by atoms with Gasteiger partial charge in [-0.15, -0.1) is 0 Å². The topological polar surface area (TPSA) is 41.1 Å². The van der Waals surface area contributed by atoms with Crippen molar-refractivity contribution in [2.45, 2.75) is 52.4 Å². The number of rotatable bonds is 6. The van der Waals surface area contributed by atoms with Crippen molar-refractivity contribution < 1.29 is 4.79 Å². The van der Waals surface area contributed by atoms with E-state index in [1.807, 2.05) is 19.1 Å². The molecule has 1 fully saturated rings. The first-order valence-electron chi connectivity index (χ1n) is 8.25. The Bertz CT molecular complexity index is 447. The molecule has 0 aliphatic carbocycles. The van der Waals surface area contributed by atoms with Crippen LogP contribution in [0.4, 0.5) is 5.69 Å². The summed E-state index contributed by atoms with van der Waals surface area (Å²) in [6.07, 6.45) is 6.93. The molecule has 0 saturated carbocycles. The fraction of sp³-hybridized carbons (Fsp3) is 0.611. The highest BCUT2D eigenvalue weighted by Gasteiger charge is 2.34. The number of hydrogen-bond donors (Lipinski definition) is 2. The zero-order chi connectivity index (χ0) is 15.1. The number of anilines is 1. The number of piperidine rings is 1. The van der Waals surface area contributed by atoms with Gasteiger partial charge >= 0.3 is 0 Å². The molecule has 1 aliphatic rings. The van der Waals surface area contributed by atoms with Gasteiger partial charge in [-0.05, 0) is 56.8 Å². The largest absolute Gasteiger partial charge is 0.326 e. The van der Waals surface area contributed by atoms with Crippen LogP contribution in [0, 0.1) is 5.41 Å². The van der Waals surface area contributed by atoms with Crippen LogP contribution in [0.3, 0.4) is 0 Å². The summed E-state index contributed by atoms with van der Waals surface area (Å²) >= 11 is 0. The Hall–Kier alpha value is -1.35. The van der Waals surface area contributed by atoms with Crippen LogP contribution in [-0.4, -0.2) is 19.0 Å². The summed E-state index contributed by atoms with van der Waals surface area (Å²) < 4.78 is 0. The van der Waals surface area contributed by atoms with Gasteiger partial charge in [-0.2, -0.15) is 0 Å². The number of unbranched alkanes of at least 4 members (excludes halogenated alkanes) is 2. The lowest BCUT2D eigenvalue weighted by molar-refractivity contribution is -0.125. The third kappa shape index (κ3) is 4.57. The molecular formula is C18H28N2O. The Morgan fingerprint density at radius 3 is 2.67 bits per heavy atom. The minimum Gasteiger partial charge on any atom is -0.326 e. The average molecular weight is 288 g/mol. The van der Waals surface area contributed by atoms with Gasteiger partial charge in [0.15, 0.2) is 0 Å². The number of carbonyl (C=O) groups is 1. The van der Waals surface area contributed by atoms with Gasteiger partial charge in [-0.1, -0.05) is 31.9 Å². The number of benzene rings is 1. The van der Waals surface area contributed by atoms with Crippen LogP contribution in [-0.2, 0) is 11.2 Å². The van der Waals surface area contributed by atoms with Crippen molar-refractivity contribution in [1.82, 2.24) is 5.32 Å². The van der Waals surface area contributed by atoms with Crippen LogP contribution in [0.1, 0.15) is 51.5 Å². The molecule has 0 aromatic heterocycles. The number of carbonyl (C=O) groups excluding carboxylic acids is 1. The van der Waals surface area contributed by atoms with E-state index in [1.54, 1.807) is 0 Å². The molecule has 3 heteroatoms. The van der Waals surface area contributed by atoms with Crippen LogP contribution < -0.4 is 10.6 Å². The molecule has 1 aliphatic heterocycles. The number of hydrogen-bond acceptors (Lipinski definition) is 2. The van der Waals surface area contributed by atoms with Crippen LogP contribution in [0.25, 0.3) is 0 Å². The van der Waals surface area contributed by atoms with Gasteiger partial charge in [0.2, 0.25) is 5.91 Å². The van der Waals surface area contributed by atoms with E-state index in [0.717, 1.165) is 38.0 Å². The van der Waals surface area contributed by atoms with E-state index < -0.39 is 0 Å². The molecule has 116 valence electrons. The van der Waals surface area contributed by atoms with Gasteiger partial charge in [-0.25, -0.2) is 0 Å². The first-order chi connectivity index (χ1) is 10.1. The predicted molar refractivity (Wildman–Crippen MR) is 88.5 cm³/mol. The SMILES string of the molecule is CCCCCc1ccc(NC(=O)C2(C)CCCNC2)cc1. The maximum atomic E-state index is 12.4. The highest BCUT2D eigenvalue weighted by molar-refractivity contribution is 5.95. The maximum absolute atomic E-state index is 12.4. The lowest BCUT2D eigenvalue weighted by Gasteiger charge is -2.32. The summed E-state index contributed by atoms with van der Waals surface area (Å²) in [5.74, 6) is 0.133. The van der Waals surface area contributed by atoms with Gasteiger partial charge < -0.3 is 10.6 Å². The predicted octanol–water partition coefficient (Wildman–Crippen LogP) is 3.75. The Morgan fingerprint density at radius 2 is 2.05 bits per heavy atom. The Balaban J connectivity index is 1.89. The molecule has 1 amide bonds. The molecular weight excluding hydrogens is 260 g/mol. The second-order valence-corrected chi connectivity index (χ2v) is 6.45. The molecule has 1 heterocycles. The van der Waals surface area contributed by atoms with Crippen molar-refractivity contribution in [3.63, 3.8) is 0 Å². The van der Waals surface area contributed by atoms with E-state index in [2.05, 4.69) is 29.7 Å². The molecule has 0 spiro atoms. The molecule has 1 atom stereocenters. The van der Waals surface area contributed by atoms with Crippen molar-refractivity contribution in [3.8, 4) is 0 Å². The molecule has 2 N–H and O–H groups in total. The molecule has 0 bridgehead atoms. The number of amides is 1. The summed E-state index contributed by atoms with van der Waals surface area (Å²) in [7, 11) is 0. The summed E-state index contributed by atoms with van der Waals surface area (Å²) in [6.45, 7) is 6.07. The third-order valence-corrected chi connectivity index (χ3v) is 4.43. The van der Waals surface area contributed by atoms with E-state index in [4.69, 9.17) is 0 Å². The maximum Gasteiger partial charge on any atom is 0.231 e. The lowest BCUT2D eigenvalue weighted by atomic mass is 9.82. The van der Waals surface area contributed by atoms with E-state index in [9.17, 15) is 4.79 Å². The molecule has 1 unspecified atom stereocenters. The van der Waals surface area contributed by atoms with Gasteiger partial charge in [0.25, 0.3) is 0 Å². The van der Waals surface area contributed by atoms with E-state index >= 15 is 0 Å². The fourth-order valence-electron chi connectivity index (χ4n) is 2.87. The van der Waals surface area contributed by atoms with E-state index in [-0.39, 0.29) is 11.3 Å². The molecule has 2 rings (SSSR count). The van der Waals surface area contributed by atoms with Crippen molar-refractivity contribution in [1.29, 1.82) is 0 Å². The fourth-order valence-corrected chi connectivity index (χ4v) is 2.87. The summed E-state index contributed by atoms with van der Waals surface area (Å²) in [6, 6.07) is 8.32. The second kappa shape index (κ2) is 7.60. The first kappa shape index (κ1) is 16.0. The number of aryl methyl sites for hydroxylation is 1. The van der Waals surface area contributed by atoms with Gasteiger partial charge in [0, 0.05) is 12.2 Å². The molecule has 3 nitrogen and oxygen atoms in total. The minimum absolute atomic E-state index is 0.133. The molecule has 1 saturated heterocycles. The second-order valence-electron chi connectivity index (χ2n) is 6.45. The summed E-state index contributed by atoms with van der Waals surface area (Å²) in [5, 5.41) is 6.39. The smallest absolute Gasteiger partial charge is 0.231 e. The zero-order valence-electron chi connectivity index (χ0n) is 13.4. The zero-order valence-corrected chi connectivity index (χ0v) is 13.4. The first-order valence-corrected chi connectivity index (χ1v) is 8.25. The normalized spacial score (nSPS) is 22.0. The average Bonchev–Trinajstić information content (AvgIpc) is 2.50. The van der Waals surface area contributed by atoms with Crippen LogP contribution in [0.15, 0.2) is 24.3 Å². The molecule has 1 aromatic carbocycles. The summed E-state index contributed by atoms with van der Waals surface area (Å²) in [4.78, 5) is 12.4. The van der Waals surface area contributed by atoms with Crippen molar-refractivity contribution >= 4 is 11.6 Å². The van der Waals surface area contributed by atoms with Crippen LogP contribution in [0.5, 0.6) is 0 Å². The van der Waals surface area contributed by atoms with Gasteiger partial charge in [0.1, 0.15) is 0 Å². The van der Waals surface area contributed by atoms with Crippen LogP contribution >= 0.6 is 0 Å². The van der Waals surface area contributed by atoms with Crippen molar-refractivity contribution in [2.75, 3.05) is 18.4 Å². The van der Waals surface area contributed by atoms with Crippen LogP contribution in [0.2, 0.25) is 0 Å². The van der Waals surface area contributed by atoms with Gasteiger partial charge in [-0.3, -0.25) is 4.79 Å². The van der Waals surface area contributed by atoms with Crippen molar-refractivity contribution in [3.05, 3.63) is 29.8 Å². The highest BCUT2D eigenvalue weighted by atomic mass is 16.2. The Morgan fingerprint density at radius 1 is 1.29 bits per heavy atom. The molecule has 1 aromatic rings. The quantitative estimate of drug-likeness (QED) is 0.783. The van der Waals surface area contributed by atoms with Gasteiger partial charge in [0.05, 0.1) is 5.41 Å². The van der Waals surface area contributed by atoms with Crippen molar-refractivity contribution in [2.24, 2.45) is 5.41 Å². The molecule has 21 heavy (non-hydrogen) atoms. The lowest BCUT2D eigenvalue weighted by Crippen LogP contribution is -2.46. The third-order valence-electron chi connectivity index (χ3n) is 4.43. The minimum atomic E-state index is -0.280. The standard InChI is InChI=1S/C18H28N2O/c1-3-4-5-7-15-8-10-16(11-9-15)20-17(21)18(2)12-6-13-19-14-18/h8-11,19H,3-7,12-14H2,1-2H3,(H,20,21). The van der Waals surface area contributed by atoms with E-state index in [1.165, 1.54) is 24.8 Å². The Kier molecular flexibility index (Phi) is 5.80. The Labute approximate surface area is 128 Å². The number of nitrogens with one attached hydrogen (secondary N) is 2. The monoisotopic (exact) mass is 288 g/mol. The highest BCUT2D eigenvalue weighted by Crippen LogP contribution is 2.27.